The quantitative estimate of drug-likeness (QED) is 0.350. The zero-order valence-electron chi connectivity index (χ0n) is 19.8. The molecule has 36 heavy (non-hydrogen) atoms. The Hall–Kier alpha value is -4.02. The average molecular weight is 483 g/mol. The molecule has 0 aromatic carbocycles. The number of aryl methyl sites for hydroxylation is 1. The topological polar surface area (TPSA) is 120 Å². The lowest BCUT2D eigenvalue weighted by Crippen LogP contribution is -2.34. The predicted octanol–water partition coefficient (Wildman–Crippen LogP) is 2.06. The molecule has 1 unspecified atom stereocenters. The number of fused-ring (bicyclic) bond motifs is 5. The number of aliphatic hydroxyl groups is 1. The Balaban J connectivity index is 1.26. The molecule has 0 radical (unpaired) electrons. The molecule has 0 aliphatic carbocycles. The van der Waals surface area contributed by atoms with E-state index in [2.05, 4.69) is 25.8 Å². The van der Waals surface area contributed by atoms with Gasteiger partial charge in [-0.3, -0.25) is 9.78 Å². The van der Waals surface area contributed by atoms with E-state index >= 15 is 0 Å². The molecular weight excluding hydrogens is 456 g/mol. The highest BCUT2D eigenvalue weighted by Gasteiger charge is 2.34. The fourth-order valence-electron chi connectivity index (χ4n) is 5.77. The van der Waals surface area contributed by atoms with Crippen molar-refractivity contribution >= 4 is 34.1 Å². The summed E-state index contributed by atoms with van der Waals surface area (Å²) in [6, 6.07) is 8.22. The number of hydrogen-bond acceptors (Lipinski definition) is 8. The number of pyridine rings is 3. The van der Waals surface area contributed by atoms with Crippen LogP contribution in [0, 0.1) is 0 Å². The monoisotopic (exact) mass is 482 g/mol. The molecule has 1 amide bonds. The molecule has 3 aliphatic heterocycles. The number of anilines is 3. The molecule has 0 saturated carbocycles. The van der Waals surface area contributed by atoms with Crippen LogP contribution in [0.2, 0.25) is 0 Å². The van der Waals surface area contributed by atoms with Crippen LogP contribution in [0.1, 0.15) is 28.0 Å². The number of carbonyl (C=O) groups excluding carboxylic acids is 1. The Kier molecular flexibility index (Phi) is 4.73. The van der Waals surface area contributed by atoms with Crippen LogP contribution in [-0.2, 0) is 20.1 Å². The molecule has 7 rings (SSSR count). The Labute approximate surface area is 207 Å². The van der Waals surface area contributed by atoms with Crippen LogP contribution in [0.5, 0.6) is 0 Å². The normalized spacial score (nSPS) is 20.6. The molecule has 7 heterocycles. The number of aromatic nitrogens is 4. The van der Waals surface area contributed by atoms with Crippen molar-refractivity contribution in [2.75, 3.05) is 23.3 Å². The standard InChI is InChI=1S/C26H26N8O2/c1-33-7-5-17-16(4-6-28-25(17)33)24-18-10-30-26(36)23(18)20(12-29-24)32-22-3-2-21-19(31-22)11-27-9-14-8-15(35)13-34(14)21/h2-7,12,14-15,27,35H,8-11,13H2,1H3,(H,30,36)(H,31,32)/t14?,15-/m1/s1. The van der Waals surface area contributed by atoms with E-state index in [1.54, 1.807) is 12.4 Å². The lowest BCUT2D eigenvalue weighted by atomic mass is 10.0. The molecular formula is C26H26N8O2. The summed E-state index contributed by atoms with van der Waals surface area (Å²) in [5.74, 6) is 0.527. The molecule has 1 fully saturated rings. The van der Waals surface area contributed by atoms with Gasteiger partial charge in [-0.05, 0) is 30.7 Å². The summed E-state index contributed by atoms with van der Waals surface area (Å²) in [5.41, 5.74) is 6.68. The van der Waals surface area contributed by atoms with Crippen molar-refractivity contribution < 1.29 is 9.90 Å². The summed E-state index contributed by atoms with van der Waals surface area (Å²) < 4.78 is 1.97. The third kappa shape index (κ3) is 3.25. The highest BCUT2D eigenvalue weighted by atomic mass is 16.3. The summed E-state index contributed by atoms with van der Waals surface area (Å²) >= 11 is 0. The number of aliphatic hydroxyl groups excluding tert-OH is 1. The molecule has 10 heteroatoms. The van der Waals surface area contributed by atoms with Gasteiger partial charge < -0.3 is 30.5 Å². The van der Waals surface area contributed by atoms with Crippen LogP contribution in [-0.4, -0.2) is 55.8 Å². The van der Waals surface area contributed by atoms with Crippen molar-refractivity contribution in [3.05, 3.63) is 59.7 Å². The van der Waals surface area contributed by atoms with Gasteiger partial charge in [-0.15, -0.1) is 0 Å². The number of nitrogens with zero attached hydrogens (tertiary/aromatic N) is 5. The van der Waals surface area contributed by atoms with Crippen LogP contribution in [0.4, 0.5) is 17.2 Å². The van der Waals surface area contributed by atoms with Crippen molar-refractivity contribution in [2.24, 2.45) is 7.05 Å². The number of rotatable bonds is 3. The minimum Gasteiger partial charge on any atom is -0.391 e. The van der Waals surface area contributed by atoms with Gasteiger partial charge in [0.05, 0.1) is 40.6 Å². The first-order chi connectivity index (χ1) is 17.6. The minimum atomic E-state index is -0.316. The van der Waals surface area contributed by atoms with E-state index in [0.717, 1.165) is 52.2 Å². The zero-order chi connectivity index (χ0) is 24.4. The molecule has 0 spiro atoms. The van der Waals surface area contributed by atoms with E-state index in [1.807, 2.05) is 42.1 Å². The van der Waals surface area contributed by atoms with Crippen LogP contribution in [0.15, 0.2) is 42.9 Å². The zero-order valence-corrected chi connectivity index (χ0v) is 19.8. The van der Waals surface area contributed by atoms with Crippen molar-refractivity contribution in [3.63, 3.8) is 0 Å². The summed E-state index contributed by atoms with van der Waals surface area (Å²) in [4.78, 5) is 29.3. The fourth-order valence-corrected chi connectivity index (χ4v) is 5.77. The van der Waals surface area contributed by atoms with Gasteiger partial charge in [-0.1, -0.05) is 0 Å². The first-order valence-corrected chi connectivity index (χ1v) is 12.2. The molecule has 3 aliphatic rings. The van der Waals surface area contributed by atoms with Gasteiger partial charge in [-0.25, -0.2) is 9.97 Å². The van der Waals surface area contributed by atoms with Gasteiger partial charge in [0.25, 0.3) is 5.91 Å². The van der Waals surface area contributed by atoms with Gasteiger partial charge in [0.15, 0.2) is 0 Å². The van der Waals surface area contributed by atoms with Crippen LogP contribution >= 0.6 is 0 Å². The van der Waals surface area contributed by atoms with Gasteiger partial charge in [0.1, 0.15) is 11.5 Å². The lowest BCUT2D eigenvalue weighted by Gasteiger charge is -2.25. The predicted molar refractivity (Wildman–Crippen MR) is 136 cm³/mol. The maximum Gasteiger partial charge on any atom is 0.254 e. The van der Waals surface area contributed by atoms with Crippen LogP contribution in [0.25, 0.3) is 22.3 Å². The molecule has 1 saturated heterocycles. The molecule has 182 valence electrons. The fraction of sp³-hybridized carbons (Fsp3) is 0.308. The first kappa shape index (κ1) is 21.3. The van der Waals surface area contributed by atoms with E-state index < -0.39 is 0 Å². The summed E-state index contributed by atoms with van der Waals surface area (Å²) in [6.45, 7) is 2.51. The van der Waals surface area contributed by atoms with E-state index in [9.17, 15) is 9.90 Å². The van der Waals surface area contributed by atoms with Crippen molar-refractivity contribution in [1.29, 1.82) is 0 Å². The summed E-state index contributed by atoms with van der Waals surface area (Å²) in [7, 11) is 1.96. The Morgan fingerprint density at radius 2 is 2.08 bits per heavy atom. The van der Waals surface area contributed by atoms with Crippen molar-refractivity contribution in [3.8, 4) is 11.3 Å². The number of amides is 1. The first-order valence-electron chi connectivity index (χ1n) is 12.2. The van der Waals surface area contributed by atoms with E-state index in [1.165, 1.54) is 0 Å². The summed E-state index contributed by atoms with van der Waals surface area (Å²) in [5, 5.41) is 20.9. The van der Waals surface area contributed by atoms with Crippen LogP contribution < -0.4 is 20.9 Å². The molecule has 4 N–H and O–H groups in total. The van der Waals surface area contributed by atoms with Crippen molar-refractivity contribution in [1.82, 2.24) is 30.2 Å². The van der Waals surface area contributed by atoms with Gasteiger partial charge in [0, 0.05) is 68.2 Å². The second-order valence-electron chi connectivity index (χ2n) is 9.69. The van der Waals surface area contributed by atoms with Gasteiger partial charge in [0.2, 0.25) is 0 Å². The number of nitrogens with one attached hydrogen (secondary N) is 3. The minimum absolute atomic E-state index is 0.125. The van der Waals surface area contributed by atoms with E-state index in [-0.39, 0.29) is 18.1 Å². The lowest BCUT2D eigenvalue weighted by molar-refractivity contribution is 0.0966. The average Bonchev–Trinajstić information content (AvgIpc) is 3.54. The summed E-state index contributed by atoms with van der Waals surface area (Å²) in [6.07, 6.45) is 5.92. The van der Waals surface area contributed by atoms with Crippen molar-refractivity contribution in [2.45, 2.75) is 31.7 Å². The maximum atomic E-state index is 12.9. The van der Waals surface area contributed by atoms with Gasteiger partial charge in [-0.2, -0.15) is 0 Å². The second kappa shape index (κ2) is 8.00. The van der Waals surface area contributed by atoms with Gasteiger partial charge >= 0.3 is 0 Å². The smallest absolute Gasteiger partial charge is 0.254 e. The molecule has 2 atom stereocenters. The molecule has 10 nitrogen and oxygen atoms in total. The Bertz CT molecular complexity index is 1530. The number of hydrogen-bond donors (Lipinski definition) is 4. The third-order valence-corrected chi connectivity index (χ3v) is 7.44. The Morgan fingerprint density at radius 1 is 1.17 bits per heavy atom. The van der Waals surface area contributed by atoms with Crippen LogP contribution in [0.3, 0.4) is 0 Å². The molecule has 4 aromatic rings. The largest absolute Gasteiger partial charge is 0.391 e. The Morgan fingerprint density at radius 3 is 3.00 bits per heavy atom. The molecule has 4 aromatic heterocycles. The second-order valence-corrected chi connectivity index (χ2v) is 9.69. The SMILES string of the molecule is Cn1ccc2c(-c3ncc(Nc4ccc5c(n4)CNCC4C[C@@H](O)CN54)c4c3CNC4=O)ccnc21. The highest BCUT2D eigenvalue weighted by Crippen LogP contribution is 2.37. The highest BCUT2D eigenvalue weighted by molar-refractivity contribution is 6.06. The molecule has 0 bridgehead atoms. The van der Waals surface area contributed by atoms with E-state index in [0.29, 0.717) is 36.7 Å². The number of carbonyl (C=O) groups is 1. The maximum absolute atomic E-state index is 12.9. The third-order valence-electron chi connectivity index (χ3n) is 7.44. The van der Waals surface area contributed by atoms with E-state index in [4.69, 9.17) is 9.97 Å².